The minimum absolute atomic E-state index is 0.0228. The van der Waals surface area contributed by atoms with Gasteiger partial charge in [-0.15, -0.1) is 0 Å². The molecule has 1 aliphatic heterocycles. The van der Waals surface area contributed by atoms with Crippen molar-refractivity contribution in [3.05, 3.63) is 69.0 Å². The standard InChI is InChI=1S/C23H20Cl2N4O6S/c1-11-9-17(18(34-4)10-16(11)24)29-22(30)19(25)20(23(29)31)26-14-5-7-15(8-6-14)36(32,33)28-21-12(2)13(3)27-35-21/h5-10,26,28H,1-4H3. The summed E-state index contributed by atoms with van der Waals surface area (Å²) in [6.07, 6.45) is 0. The Bertz CT molecular complexity index is 1530. The molecule has 0 bridgehead atoms. The maximum atomic E-state index is 13.1. The van der Waals surface area contributed by atoms with E-state index in [1.54, 1.807) is 26.8 Å². The minimum atomic E-state index is -3.96. The predicted molar refractivity (Wildman–Crippen MR) is 135 cm³/mol. The smallest absolute Gasteiger partial charge is 0.283 e. The number of nitrogens with zero attached hydrogens (tertiary/aromatic N) is 2. The zero-order valence-corrected chi connectivity index (χ0v) is 21.8. The van der Waals surface area contributed by atoms with Crippen LogP contribution in [0.25, 0.3) is 0 Å². The summed E-state index contributed by atoms with van der Waals surface area (Å²) in [5.74, 6) is -1.21. The van der Waals surface area contributed by atoms with Gasteiger partial charge in [-0.1, -0.05) is 28.4 Å². The first-order valence-electron chi connectivity index (χ1n) is 10.4. The van der Waals surface area contributed by atoms with Crippen molar-refractivity contribution in [2.75, 3.05) is 22.0 Å². The number of anilines is 3. The molecule has 2 amide bonds. The van der Waals surface area contributed by atoms with E-state index >= 15 is 0 Å². The average molecular weight is 551 g/mol. The van der Waals surface area contributed by atoms with Gasteiger partial charge in [0.2, 0.25) is 5.88 Å². The van der Waals surface area contributed by atoms with Crippen LogP contribution in [0.2, 0.25) is 5.02 Å². The molecule has 2 aromatic carbocycles. The van der Waals surface area contributed by atoms with Gasteiger partial charge in [-0.2, -0.15) is 0 Å². The molecule has 2 heterocycles. The molecule has 1 aromatic heterocycles. The van der Waals surface area contributed by atoms with Crippen LogP contribution in [-0.2, 0) is 19.6 Å². The highest BCUT2D eigenvalue weighted by atomic mass is 35.5. The van der Waals surface area contributed by atoms with Crippen LogP contribution in [0.3, 0.4) is 0 Å². The number of benzene rings is 2. The minimum Gasteiger partial charge on any atom is -0.494 e. The van der Waals surface area contributed by atoms with Crippen molar-refractivity contribution >= 4 is 62.3 Å². The largest absolute Gasteiger partial charge is 0.494 e. The Morgan fingerprint density at radius 1 is 1.03 bits per heavy atom. The molecule has 0 saturated carbocycles. The third-order valence-corrected chi connectivity index (χ3v) is 7.65. The molecular formula is C23H20Cl2N4O6S. The second-order valence-corrected chi connectivity index (χ2v) is 10.4. The normalized spacial score (nSPS) is 14.0. The van der Waals surface area contributed by atoms with E-state index in [0.29, 0.717) is 27.5 Å². The number of rotatable bonds is 7. The zero-order chi connectivity index (χ0) is 26.4. The number of aryl methyl sites for hydroxylation is 2. The lowest BCUT2D eigenvalue weighted by molar-refractivity contribution is -0.120. The molecule has 1 aliphatic rings. The molecule has 0 radical (unpaired) electrons. The molecule has 10 nitrogen and oxygen atoms in total. The Hall–Kier alpha value is -3.54. The summed E-state index contributed by atoms with van der Waals surface area (Å²) < 4.78 is 38.0. The lowest BCUT2D eigenvalue weighted by Crippen LogP contribution is -2.32. The van der Waals surface area contributed by atoms with Gasteiger partial charge in [-0.25, -0.2) is 18.0 Å². The number of methoxy groups -OCH3 is 1. The summed E-state index contributed by atoms with van der Waals surface area (Å²) in [7, 11) is -2.57. The number of amides is 2. The summed E-state index contributed by atoms with van der Waals surface area (Å²) in [5.41, 5.74) is 2.11. The van der Waals surface area contributed by atoms with E-state index in [4.69, 9.17) is 32.5 Å². The number of ether oxygens (including phenoxy) is 1. The summed E-state index contributed by atoms with van der Waals surface area (Å²) in [5, 5.41) is 6.60. The van der Waals surface area contributed by atoms with Gasteiger partial charge in [0.15, 0.2) is 0 Å². The Labute approximate surface area is 216 Å². The predicted octanol–water partition coefficient (Wildman–Crippen LogP) is 4.50. The van der Waals surface area contributed by atoms with Gasteiger partial charge >= 0.3 is 0 Å². The number of imide groups is 1. The molecule has 4 rings (SSSR count). The van der Waals surface area contributed by atoms with Crippen molar-refractivity contribution in [3.63, 3.8) is 0 Å². The van der Waals surface area contributed by atoms with Crippen LogP contribution in [0.15, 0.2) is 56.5 Å². The Morgan fingerprint density at radius 3 is 2.28 bits per heavy atom. The molecule has 0 unspecified atom stereocenters. The van der Waals surface area contributed by atoms with Crippen LogP contribution in [0.4, 0.5) is 17.3 Å². The maximum absolute atomic E-state index is 13.1. The van der Waals surface area contributed by atoms with E-state index < -0.39 is 21.8 Å². The van der Waals surface area contributed by atoms with Crippen molar-refractivity contribution in [2.45, 2.75) is 25.7 Å². The first-order chi connectivity index (χ1) is 16.9. The lowest BCUT2D eigenvalue weighted by Gasteiger charge is -2.19. The molecule has 13 heteroatoms. The van der Waals surface area contributed by atoms with Gasteiger partial charge in [0.1, 0.15) is 16.5 Å². The molecule has 0 saturated heterocycles. The quantitative estimate of drug-likeness (QED) is 0.411. The van der Waals surface area contributed by atoms with Gasteiger partial charge in [0.25, 0.3) is 21.8 Å². The number of nitrogens with one attached hydrogen (secondary N) is 2. The number of carbonyl (C=O) groups is 2. The van der Waals surface area contributed by atoms with Crippen molar-refractivity contribution in [1.29, 1.82) is 0 Å². The second kappa shape index (κ2) is 9.49. The summed E-state index contributed by atoms with van der Waals surface area (Å²) in [4.78, 5) is 26.8. The average Bonchev–Trinajstić information content (AvgIpc) is 3.25. The number of carbonyl (C=O) groups excluding carboxylic acids is 2. The summed E-state index contributed by atoms with van der Waals surface area (Å²) >= 11 is 12.3. The van der Waals surface area contributed by atoms with Crippen LogP contribution in [0.5, 0.6) is 5.75 Å². The zero-order valence-electron chi connectivity index (χ0n) is 19.5. The van der Waals surface area contributed by atoms with E-state index in [0.717, 1.165) is 4.90 Å². The number of sulfonamides is 1. The molecular weight excluding hydrogens is 531 g/mol. The van der Waals surface area contributed by atoms with Crippen LogP contribution in [-0.4, -0.2) is 32.5 Å². The molecule has 0 atom stereocenters. The van der Waals surface area contributed by atoms with Gasteiger partial charge in [0, 0.05) is 22.3 Å². The van der Waals surface area contributed by atoms with Crippen molar-refractivity contribution in [1.82, 2.24) is 5.16 Å². The highest BCUT2D eigenvalue weighted by molar-refractivity contribution is 7.92. The highest BCUT2D eigenvalue weighted by Gasteiger charge is 2.40. The van der Waals surface area contributed by atoms with Crippen LogP contribution in [0.1, 0.15) is 16.8 Å². The topological polar surface area (TPSA) is 131 Å². The molecule has 188 valence electrons. The van der Waals surface area contributed by atoms with Gasteiger partial charge in [0.05, 0.1) is 23.4 Å². The number of aromatic nitrogens is 1. The number of halogens is 2. The van der Waals surface area contributed by atoms with E-state index in [9.17, 15) is 18.0 Å². The molecule has 0 fully saturated rings. The monoisotopic (exact) mass is 550 g/mol. The third-order valence-electron chi connectivity index (χ3n) is 5.55. The molecule has 36 heavy (non-hydrogen) atoms. The second-order valence-electron chi connectivity index (χ2n) is 7.88. The first-order valence-corrected chi connectivity index (χ1v) is 12.6. The molecule has 0 spiro atoms. The lowest BCUT2D eigenvalue weighted by atomic mass is 10.2. The van der Waals surface area contributed by atoms with Gasteiger partial charge in [-0.05, 0) is 56.7 Å². The van der Waals surface area contributed by atoms with Gasteiger partial charge in [-0.3, -0.25) is 9.59 Å². The maximum Gasteiger partial charge on any atom is 0.283 e. The van der Waals surface area contributed by atoms with E-state index in [1.807, 2.05) is 0 Å². The molecule has 3 aromatic rings. The SMILES string of the molecule is COc1cc(Cl)c(C)cc1N1C(=O)C(Cl)=C(Nc2ccc(S(=O)(=O)Nc3onc(C)c3C)cc2)C1=O. The number of hydrogen-bond donors (Lipinski definition) is 2. The molecule has 0 aliphatic carbocycles. The fraction of sp³-hybridized carbons (Fsp3) is 0.174. The van der Waals surface area contributed by atoms with Crippen molar-refractivity contribution < 1.29 is 27.3 Å². The van der Waals surface area contributed by atoms with E-state index in [2.05, 4.69) is 15.2 Å². The van der Waals surface area contributed by atoms with Crippen molar-refractivity contribution in [2.24, 2.45) is 0 Å². The van der Waals surface area contributed by atoms with Crippen LogP contribution in [0, 0.1) is 20.8 Å². The Kier molecular flexibility index (Phi) is 6.74. The Morgan fingerprint density at radius 2 is 1.69 bits per heavy atom. The molecule has 2 N–H and O–H groups in total. The van der Waals surface area contributed by atoms with E-state index in [1.165, 1.54) is 37.4 Å². The van der Waals surface area contributed by atoms with Crippen LogP contribution >= 0.6 is 23.2 Å². The third kappa shape index (κ3) is 4.52. The fourth-order valence-electron chi connectivity index (χ4n) is 3.37. The Balaban J connectivity index is 1.57. The van der Waals surface area contributed by atoms with E-state index in [-0.39, 0.29) is 32.9 Å². The summed E-state index contributed by atoms with van der Waals surface area (Å²) in [6.45, 7) is 5.09. The summed E-state index contributed by atoms with van der Waals surface area (Å²) in [6, 6.07) is 8.55. The highest BCUT2D eigenvalue weighted by Crippen LogP contribution is 2.38. The fourth-order valence-corrected chi connectivity index (χ4v) is 4.78. The first kappa shape index (κ1) is 25.5. The number of hydrogen-bond acceptors (Lipinski definition) is 8. The van der Waals surface area contributed by atoms with Gasteiger partial charge < -0.3 is 14.6 Å². The van der Waals surface area contributed by atoms with Crippen LogP contribution < -0.4 is 19.7 Å². The van der Waals surface area contributed by atoms with Crippen molar-refractivity contribution in [3.8, 4) is 5.75 Å².